The minimum absolute atomic E-state index is 0.0769. The zero-order valence-electron chi connectivity index (χ0n) is 19.8. The molecule has 1 aromatic carbocycles. The SMILES string of the molecule is CNc1nnc(-c2ccccc2O)cc1N1CCN(c2ncc(N3CCNC(CO)C3)cn2)CC1. The van der Waals surface area contributed by atoms with Crippen LogP contribution in [0.1, 0.15) is 0 Å². The maximum atomic E-state index is 10.2. The maximum Gasteiger partial charge on any atom is 0.225 e. The van der Waals surface area contributed by atoms with Gasteiger partial charge in [-0.15, -0.1) is 10.2 Å². The van der Waals surface area contributed by atoms with Gasteiger partial charge in [-0.3, -0.25) is 0 Å². The van der Waals surface area contributed by atoms with Gasteiger partial charge in [-0.25, -0.2) is 9.97 Å². The Balaban J connectivity index is 1.26. The van der Waals surface area contributed by atoms with Crippen molar-refractivity contribution in [2.24, 2.45) is 0 Å². The molecule has 184 valence electrons. The summed E-state index contributed by atoms with van der Waals surface area (Å²) in [5.41, 5.74) is 3.22. The van der Waals surface area contributed by atoms with Crippen molar-refractivity contribution in [1.82, 2.24) is 25.5 Å². The number of aliphatic hydroxyl groups excluding tert-OH is 1. The minimum atomic E-state index is 0.0769. The number of anilines is 4. The molecule has 2 aromatic heterocycles. The lowest BCUT2D eigenvalue weighted by Gasteiger charge is -2.37. The Morgan fingerprint density at radius 2 is 1.74 bits per heavy atom. The molecule has 4 heterocycles. The quantitative estimate of drug-likeness (QED) is 0.402. The Morgan fingerprint density at radius 3 is 2.46 bits per heavy atom. The number of nitrogens with one attached hydrogen (secondary N) is 2. The van der Waals surface area contributed by atoms with Crippen LogP contribution in [0.15, 0.2) is 42.7 Å². The van der Waals surface area contributed by atoms with Crippen molar-refractivity contribution in [2.75, 3.05) is 79.5 Å². The number of aromatic hydroxyl groups is 1. The number of aliphatic hydroxyl groups is 1. The molecule has 1 unspecified atom stereocenters. The van der Waals surface area contributed by atoms with Crippen molar-refractivity contribution in [3.05, 3.63) is 42.7 Å². The number of benzene rings is 1. The molecule has 11 heteroatoms. The highest BCUT2D eigenvalue weighted by Gasteiger charge is 2.24. The second-order valence-corrected chi connectivity index (χ2v) is 8.73. The van der Waals surface area contributed by atoms with E-state index >= 15 is 0 Å². The van der Waals surface area contributed by atoms with E-state index in [1.807, 2.05) is 37.6 Å². The van der Waals surface area contributed by atoms with E-state index in [-0.39, 0.29) is 18.4 Å². The van der Waals surface area contributed by atoms with Crippen LogP contribution < -0.4 is 25.3 Å². The molecule has 1 atom stereocenters. The van der Waals surface area contributed by atoms with E-state index < -0.39 is 0 Å². The molecular weight excluding hydrogens is 446 g/mol. The van der Waals surface area contributed by atoms with E-state index in [9.17, 15) is 10.2 Å². The number of para-hydroxylation sites is 1. The number of rotatable bonds is 6. The molecule has 0 radical (unpaired) electrons. The summed E-state index contributed by atoms with van der Waals surface area (Å²) in [5, 5.41) is 34.8. The second-order valence-electron chi connectivity index (χ2n) is 8.73. The Morgan fingerprint density at radius 1 is 1.00 bits per heavy atom. The fraction of sp³-hybridized carbons (Fsp3) is 0.417. The summed E-state index contributed by atoms with van der Waals surface area (Å²) in [6.45, 7) is 5.68. The summed E-state index contributed by atoms with van der Waals surface area (Å²) in [6, 6.07) is 9.21. The summed E-state index contributed by atoms with van der Waals surface area (Å²) in [6.07, 6.45) is 3.75. The molecule has 2 fully saturated rings. The molecule has 0 amide bonds. The fourth-order valence-corrected chi connectivity index (χ4v) is 4.59. The third-order valence-electron chi connectivity index (χ3n) is 6.56. The van der Waals surface area contributed by atoms with E-state index in [4.69, 9.17) is 0 Å². The van der Waals surface area contributed by atoms with Gasteiger partial charge in [0, 0.05) is 64.5 Å². The summed E-state index contributed by atoms with van der Waals surface area (Å²) in [4.78, 5) is 15.9. The molecule has 0 saturated carbocycles. The van der Waals surface area contributed by atoms with Crippen LogP contribution in [0.25, 0.3) is 11.3 Å². The number of piperazine rings is 2. The number of nitrogens with zero attached hydrogens (tertiary/aromatic N) is 7. The fourth-order valence-electron chi connectivity index (χ4n) is 4.59. The van der Waals surface area contributed by atoms with Gasteiger partial charge in [0.15, 0.2) is 5.82 Å². The molecule has 4 N–H and O–H groups in total. The number of aromatic nitrogens is 4. The van der Waals surface area contributed by atoms with Crippen molar-refractivity contribution in [1.29, 1.82) is 0 Å². The van der Waals surface area contributed by atoms with Crippen LogP contribution in [-0.2, 0) is 0 Å². The first-order valence-corrected chi connectivity index (χ1v) is 11.9. The Bertz CT molecular complexity index is 1140. The van der Waals surface area contributed by atoms with Crippen molar-refractivity contribution in [3.8, 4) is 17.0 Å². The third kappa shape index (κ3) is 4.91. The molecule has 11 nitrogen and oxygen atoms in total. The highest BCUT2D eigenvalue weighted by molar-refractivity contribution is 5.75. The van der Waals surface area contributed by atoms with Gasteiger partial charge in [-0.05, 0) is 18.2 Å². The van der Waals surface area contributed by atoms with Gasteiger partial charge >= 0.3 is 0 Å². The molecular formula is C24H31N9O2. The standard InChI is InChI=1S/C24H31N9O2/c1-25-23-21(12-20(29-30-23)19-4-2-3-5-22(19)35)31-8-10-32(11-9-31)24-27-13-18(14-28-24)33-7-6-26-17(15-33)16-34/h2-5,12-14,17,26,34-35H,6-11,15-16H2,1H3,(H,25,30). The Kier molecular flexibility index (Phi) is 6.77. The van der Waals surface area contributed by atoms with E-state index in [1.54, 1.807) is 12.1 Å². The minimum Gasteiger partial charge on any atom is -0.507 e. The first kappa shape index (κ1) is 23.1. The number of phenols is 1. The highest BCUT2D eigenvalue weighted by atomic mass is 16.3. The first-order valence-electron chi connectivity index (χ1n) is 11.9. The van der Waals surface area contributed by atoms with Gasteiger partial charge in [0.25, 0.3) is 0 Å². The predicted octanol–water partition coefficient (Wildman–Crippen LogP) is 0.778. The topological polar surface area (TPSA) is 126 Å². The zero-order chi connectivity index (χ0) is 24.2. The van der Waals surface area contributed by atoms with Crippen LogP contribution in [0.5, 0.6) is 5.75 Å². The third-order valence-corrected chi connectivity index (χ3v) is 6.56. The van der Waals surface area contributed by atoms with Crippen LogP contribution in [0.3, 0.4) is 0 Å². The lowest BCUT2D eigenvalue weighted by Crippen LogP contribution is -2.52. The maximum absolute atomic E-state index is 10.2. The van der Waals surface area contributed by atoms with Gasteiger partial charge < -0.3 is 35.5 Å². The van der Waals surface area contributed by atoms with Gasteiger partial charge in [0.05, 0.1) is 36.1 Å². The lowest BCUT2D eigenvalue weighted by atomic mass is 10.1. The van der Waals surface area contributed by atoms with Crippen molar-refractivity contribution in [3.63, 3.8) is 0 Å². The predicted molar refractivity (Wildman–Crippen MR) is 136 cm³/mol. The van der Waals surface area contributed by atoms with E-state index in [0.717, 1.165) is 63.1 Å². The molecule has 3 aromatic rings. The van der Waals surface area contributed by atoms with Crippen LogP contribution in [0, 0.1) is 0 Å². The van der Waals surface area contributed by atoms with Crippen molar-refractivity contribution < 1.29 is 10.2 Å². The van der Waals surface area contributed by atoms with Crippen LogP contribution in [0.2, 0.25) is 0 Å². The average molecular weight is 478 g/mol. The molecule has 2 aliphatic rings. The second kappa shape index (κ2) is 10.3. The smallest absolute Gasteiger partial charge is 0.225 e. The van der Waals surface area contributed by atoms with Gasteiger partial charge in [0.2, 0.25) is 5.95 Å². The molecule has 0 bridgehead atoms. The molecule has 0 spiro atoms. The van der Waals surface area contributed by atoms with Crippen LogP contribution >= 0.6 is 0 Å². The zero-order valence-corrected chi connectivity index (χ0v) is 19.8. The Hall–Kier alpha value is -3.70. The number of phenolic OH excluding ortho intramolecular Hbond substituents is 1. The largest absolute Gasteiger partial charge is 0.507 e. The summed E-state index contributed by atoms with van der Waals surface area (Å²) in [7, 11) is 1.83. The summed E-state index contributed by atoms with van der Waals surface area (Å²) >= 11 is 0. The summed E-state index contributed by atoms with van der Waals surface area (Å²) in [5.74, 6) is 1.61. The van der Waals surface area contributed by atoms with Gasteiger partial charge in [0.1, 0.15) is 5.75 Å². The van der Waals surface area contributed by atoms with Gasteiger partial charge in [-0.1, -0.05) is 12.1 Å². The monoisotopic (exact) mass is 477 g/mol. The van der Waals surface area contributed by atoms with Crippen LogP contribution in [-0.4, -0.2) is 95.9 Å². The van der Waals surface area contributed by atoms with Crippen molar-refractivity contribution in [2.45, 2.75) is 6.04 Å². The molecule has 2 aliphatic heterocycles. The van der Waals surface area contributed by atoms with E-state index in [0.29, 0.717) is 17.1 Å². The molecule has 2 saturated heterocycles. The van der Waals surface area contributed by atoms with Crippen LogP contribution in [0.4, 0.5) is 23.1 Å². The molecule has 5 rings (SSSR count). The number of hydrogen-bond acceptors (Lipinski definition) is 11. The lowest BCUT2D eigenvalue weighted by molar-refractivity contribution is 0.235. The van der Waals surface area contributed by atoms with E-state index in [1.165, 1.54) is 0 Å². The Labute approximate surface area is 204 Å². The van der Waals surface area contributed by atoms with E-state index in [2.05, 4.69) is 45.5 Å². The molecule has 0 aliphatic carbocycles. The summed E-state index contributed by atoms with van der Waals surface area (Å²) < 4.78 is 0. The highest BCUT2D eigenvalue weighted by Crippen LogP contribution is 2.32. The number of hydrogen-bond donors (Lipinski definition) is 4. The molecule has 35 heavy (non-hydrogen) atoms. The van der Waals surface area contributed by atoms with Gasteiger partial charge in [-0.2, -0.15) is 0 Å². The average Bonchev–Trinajstić information content (AvgIpc) is 2.93. The normalized spacial score (nSPS) is 18.6. The van der Waals surface area contributed by atoms with Crippen molar-refractivity contribution >= 4 is 23.1 Å². The first-order chi connectivity index (χ1) is 17.2.